The van der Waals surface area contributed by atoms with E-state index in [-0.39, 0.29) is 52.0 Å². The topological polar surface area (TPSA) is 317 Å². The Bertz CT molecular complexity index is 3330. The number of fused-ring (bicyclic) bond motifs is 2. The standard InChI is InChI=1S/C43H28N20O3/c1-24(33(35-54-31-10-4-2-8-29(31)39(64)56-35)58-60-37-25(20-44)22-50-62(37)42-46-16-6-17-47-42)52-27-12-14-28(15-13-27)53-41(66)34(36-55-32-11-5-3-9-30(32)40(65)57-36)59-61-38-26(21-45)23-51-63(38)43-48-18-7-19-49-43/h2-19,22-23,33-34,52H,1H2,(H,53,66)(H,54,56,64)(H,55,57,65). The van der Waals surface area contributed by atoms with Gasteiger partial charge in [-0.1, -0.05) is 30.8 Å². The predicted molar refractivity (Wildman–Crippen MR) is 235 cm³/mol. The molecule has 0 fully saturated rings. The monoisotopic (exact) mass is 872 g/mol. The lowest BCUT2D eigenvalue weighted by atomic mass is 10.1. The van der Waals surface area contributed by atoms with Crippen molar-refractivity contribution in [2.75, 3.05) is 10.6 Å². The molecule has 23 nitrogen and oxygen atoms in total. The Morgan fingerprint density at radius 1 is 0.621 bits per heavy atom. The van der Waals surface area contributed by atoms with Gasteiger partial charge in [0.15, 0.2) is 17.7 Å². The van der Waals surface area contributed by atoms with E-state index in [2.05, 4.69) is 87.7 Å². The van der Waals surface area contributed by atoms with Crippen molar-refractivity contribution in [3.05, 3.63) is 178 Å². The average molecular weight is 873 g/mol. The Balaban J connectivity index is 1.01. The molecule has 0 aliphatic rings. The van der Waals surface area contributed by atoms with E-state index in [1.165, 1.54) is 46.5 Å². The SMILES string of the molecule is C=C(Nc1ccc(NC(=O)C(N=Nc2c(C#N)cnn2-c2ncccn2)c2nc3ccccc3c(=O)[nH]2)cc1)C(N=Nc1c(C#N)cnn1-c1ncccn1)c1nc2ccccc2c(=O)[nH]1. The molecule has 0 bridgehead atoms. The normalized spacial score (nSPS) is 12.2. The number of azo groups is 2. The molecule has 0 saturated heterocycles. The first kappa shape index (κ1) is 41.1. The summed E-state index contributed by atoms with van der Waals surface area (Å²) in [5.74, 6) is -0.595. The first-order valence-corrected chi connectivity index (χ1v) is 19.5. The van der Waals surface area contributed by atoms with Crippen LogP contribution in [0.2, 0.25) is 0 Å². The molecule has 6 aromatic heterocycles. The molecule has 9 aromatic rings. The summed E-state index contributed by atoms with van der Waals surface area (Å²) in [6.07, 6.45) is 8.53. The molecule has 2 atom stereocenters. The summed E-state index contributed by atoms with van der Waals surface area (Å²) in [7, 11) is 0. The van der Waals surface area contributed by atoms with Gasteiger partial charge in [0, 0.05) is 41.9 Å². The summed E-state index contributed by atoms with van der Waals surface area (Å²) in [5.41, 5.74) is 0.839. The molecule has 318 valence electrons. The van der Waals surface area contributed by atoms with Gasteiger partial charge in [-0.2, -0.15) is 40.3 Å². The maximum absolute atomic E-state index is 14.1. The van der Waals surface area contributed by atoms with Crippen molar-refractivity contribution >= 4 is 50.7 Å². The lowest BCUT2D eigenvalue weighted by Gasteiger charge is -2.17. The van der Waals surface area contributed by atoms with Gasteiger partial charge in [-0.3, -0.25) is 14.4 Å². The number of para-hydroxylation sites is 2. The second kappa shape index (κ2) is 18.0. The van der Waals surface area contributed by atoms with Crippen LogP contribution in [0.5, 0.6) is 0 Å². The lowest BCUT2D eigenvalue weighted by Crippen LogP contribution is -2.24. The molecule has 1 amide bonds. The van der Waals surface area contributed by atoms with Crippen LogP contribution >= 0.6 is 0 Å². The molecular weight excluding hydrogens is 845 g/mol. The van der Waals surface area contributed by atoms with E-state index >= 15 is 0 Å². The van der Waals surface area contributed by atoms with Gasteiger partial charge in [0.25, 0.3) is 28.9 Å². The first-order chi connectivity index (χ1) is 32.3. The summed E-state index contributed by atoms with van der Waals surface area (Å²) in [5, 5.41) is 52.1. The Morgan fingerprint density at radius 2 is 1.06 bits per heavy atom. The Morgan fingerprint density at radius 3 is 1.55 bits per heavy atom. The molecule has 0 spiro atoms. The number of aromatic nitrogens is 12. The van der Waals surface area contributed by atoms with E-state index in [4.69, 9.17) is 0 Å². The third-order valence-electron chi connectivity index (χ3n) is 9.56. The van der Waals surface area contributed by atoms with Crippen LogP contribution in [0.25, 0.3) is 33.7 Å². The molecule has 23 heteroatoms. The number of aromatic amines is 2. The largest absolute Gasteiger partial charge is 0.357 e. The highest BCUT2D eigenvalue weighted by atomic mass is 16.2. The van der Waals surface area contributed by atoms with Crippen LogP contribution in [0, 0.1) is 22.7 Å². The Hall–Kier alpha value is -10.3. The van der Waals surface area contributed by atoms with E-state index in [1.54, 1.807) is 84.9 Å². The summed E-state index contributed by atoms with van der Waals surface area (Å²) in [6, 6.07) is 24.4. The molecule has 66 heavy (non-hydrogen) atoms. The van der Waals surface area contributed by atoms with E-state index in [0.29, 0.717) is 33.2 Å². The number of amides is 1. The zero-order valence-corrected chi connectivity index (χ0v) is 33.8. The fourth-order valence-electron chi connectivity index (χ4n) is 6.44. The van der Waals surface area contributed by atoms with Gasteiger partial charge in [0.1, 0.15) is 34.9 Å². The van der Waals surface area contributed by atoms with E-state index < -0.39 is 29.1 Å². The number of carbonyl (C=O) groups excluding carboxylic acids is 1. The molecule has 9 rings (SSSR count). The molecular formula is C43H28N20O3. The van der Waals surface area contributed by atoms with E-state index in [0.717, 1.165) is 0 Å². The van der Waals surface area contributed by atoms with Crippen LogP contribution < -0.4 is 21.8 Å². The highest BCUT2D eigenvalue weighted by Crippen LogP contribution is 2.30. The minimum Gasteiger partial charge on any atom is -0.357 e. The van der Waals surface area contributed by atoms with Gasteiger partial charge >= 0.3 is 0 Å². The van der Waals surface area contributed by atoms with Crippen molar-refractivity contribution in [2.45, 2.75) is 12.1 Å². The first-order valence-electron chi connectivity index (χ1n) is 19.5. The Kier molecular flexibility index (Phi) is 11.2. The summed E-state index contributed by atoms with van der Waals surface area (Å²) >= 11 is 0. The number of nitrogens with one attached hydrogen (secondary N) is 4. The van der Waals surface area contributed by atoms with Crippen LogP contribution in [0.1, 0.15) is 34.9 Å². The van der Waals surface area contributed by atoms with Crippen molar-refractivity contribution in [1.29, 1.82) is 10.5 Å². The second-order valence-electron chi connectivity index (χ2n) is 13.8. The predicted octanol–water partition coefficient (Wildman–Crippen LogP) is 5.77. The molecule has 0 radical (unpaired) electrons. The van der Waals surface area contributed by atoms with Crippen molar-refractivity contribution < 1.29 is 4.79 Å². The number of hydrogen-bond donors (Lipinski definition) is 4. The van der Waals surface area contributed by atoms with Crippen molar-refractivity contribution in [1.82, 2.24) is 59.4 Å². The number of hydrogen-bond acceptors (Lipinski definition) is 18. The molecule has 0 aliphatic carbocycles. The van der Waals surface area contributed by atoms with Crippen LogP contribution in [-0.2, 0) is 4.79 Å². The number of carbonyl (C=O) groups is 1. The van der Waals surface area contributed by atoms with Crippen molar-refractivity contribution in [2.24, 2.45) is 20.5 Å². The minimum atomic E-state index is -1.54. The molecule has 4 N–H and O–H groups in total. The summed E-state index contributed by atoms with van der Waals surface area (Å²) < 4.78 is 2.43. The molecule has 2 unspecified atom stereocenters. The molecule has 0 aliphatic heterocycles. The van der Waals surface area contributed by atoms with E-state index in [9.17, 15) is 24.9 Å². The number of anilines is 2. The second-order valence-corrected chi connectivity index (χ2v) is 13.8. The third kappa shape index (κ3) is 8.35. The highest BCUT2D eigenvalue weighted by molar-refractivity contribution is 5.95. The van der Waals surface area contributed by atoms with Gasteiger partial charge in [-0.05, 0) is 60.7 Å². The maximum Gasteiger partial charge on any atom is 0.258 e. The van der Waals surface area contributed by atoms with Gasteiger partial charge in [-0.25, -0.2) is 29.9 Å². The average Bonchev–Trinajstić information content (AvgIpc) is 3.97. The van der Waals surface area contributed by atoms with Crippen LogP contribution in [0.3, 0.4) is 0 Å². The van der Waals surface area contributed by atoms with Gasteiger partial charge in [-0.15, -0.1) is 10.2 Å². The van der Waals surface area contributed by atoms with Crippen LogP contribution in [0.15, 0.2) is 164 Å². The number of H-pyrrole nitrogens is 2. The fraction of sp³-hybridized carbons (Fsp3) is 0.0465. The quantitative estimate of drug-likeness (QED) is 0.100. The van der Waals surface area contributed by atoms with E-state index in [1.807, 2.05) is 12.1 Å². The zero-order chi connectivity index (χ0) is 45.6. The third-order valence-corrected chi connectivity index (χ3v) is 9.56. The summed E-state index contributed by atoms with van der Waals surface area (Å²) in [4.78, 5) is 71.8. The zero-order valence-electron chi connectivity index (χ0n) is 33.8. The Labute approximate surface area is 369 Å². The number of nitriles is 2. The number of nitrogens with zero attached hydrogens (tertiary/aromatic N) is 16. The smallest absolute Gasteiger partial charge is 0.258 e. The van der Waals surface area contributed by atoms with Crippen LogP contribution in [0.4, 0.5) is 23.0 Å². The minimum absolute atomic E-state index is 0.0155. The van der Waals surface area contributed by atoms with Gasteiger partial charge < -0.3 is 20.6 Å². The maximum atomic E-state index is 14.1. The lowest BCUT2D eigenvalue weighted by molar-refractivity contribution is -0.117. The van der Waals surface area contributed by atoms with Crippen molar-refractivity contribution in [3.8, 4) is 24.0 Å². The van der Waals surface area contributed by atoms with Crippen molar-refractivity contribution in [3.63, 3.8) is 0 Å². The number of rotatable bonds is 13. The fourth-order valence-corrected chi connectivity index (χ4v) is 6.44. The van der Waals surface area contributed by atoms with Gasteiger partial charge in [0.2, 0.25) is 6.04 Å². The van der Waals surface area contributed by atoms with Gasteiger partial charge in [0.05, 0.1) is 34.2 Å². The molecule has 3 aromatic carbocycles. The highest BCUT2D eigenvalue weighted by Gasteiger charge is 2.26. The summed E-state index contributed by atoms with van der Waals surface area (Å²) in [6.45, 7) is 4.19. The molecule has 0 saturated carbocycles. The van der Waals surface area contributed by atoms with Crippen LogP contribution in [-0.4, -0.2) is 65.3 Å². The number of benzene rings is 3. The molecule has 6 heterocycles.